The lowest BCUT2D eigenvalue weighted by Gasteiger charge is -2.20. The molecule has 0 unspecified atom stereocenters. The zero-order chi connectivity index (χ0) is 19.3. The maximum atomic E-state index is 12.5. The summed E-state index contributed by atoms with van der Waals surface area (Å²) >= 11 is 7.14. The van der Waals surface area contributed by atoms with E-state index in [-0.39, 0.29) is 5.92 Å². The summed E-state index contributed by atoms with van der Waals surface area (Å²) in [6.07, 6.45) is 0. The average molecular weight is 391 g/mol. The van der Waals surface area contributed by atoms with E-state index < -0.39 is 30.2 Å². The van der Waals surface area contributed by atoms with Crippen LogP contribution < -0.4 is 0 Å². The van der Waals surface area contributed by atoms with Crippen LogP contribution in [0.5, 0.6) is 0 Å². The minimum Gasteiger partial charge on any atom is -0.457 e. The van der Waals surface area contributed by atoms with E-state index in [4.69, 9.17) is 16.3 Å². The molecular formula is C19H19ClN2O3S. The average Bonchev–Trinajstić information content (AvgIpc) is 3.01. The number of aromatic nitrogens is 1. The number of ether oxygens (including phenoxy) is 1. The lowest BCUT2D eigenvalue weighted by Crippen LogP contribution is -2.25. The first-order valence-corrected chi connectivity index (χ1v) is 9.35. The van der Waals surface area contributed by atoms with E-state index in [9.17, 15) is 14.9 Å². The minimum atomic E-state index is -1.02. The van der Waals surface area contributed by atoms with Crippen molar-refractivity contribution in [2.75, 3.05) is 6.61 Å². The van der Waals surface area contributed by atoms with Gasteiger partial charge in [0.25, 0.3) is 0 Å². The Kier molecular flexibility index (Phi) is 6.90. The van der Waals surface area contributed by atoms with Crippen molar-refractivity contribution < 1.29 is 14.3 Å². The van der Waals surface area contributed by atoms with Crippen molar-refractivity contribution in [3.63, 3.8) is 0 Å². The van der Waals surface area contributed by atoms with Crippen LogP contribution in [0.25, 0.3) is 0 Å². The van der Waals surface area contributed by atoms with Crippen molar-refractivity contribution in [3.8, 4) is 6.07 Å². The number of esters is 1. The van der Waals surface area contributed by atoms with Gasteiger partial charge in [-0.25, -0.2) is 4.98 Å². The highest BCUT2D eigenvalue weighted by molar-refractivity contribution is 7.09. The molecule has 0 N–H and O–H groups in total. The van der Waals surface area contributed by atoms with Crippen molar-refractivity contribution in [3.05, 3.63) is 50.9 Å². The van der Waals surface area contributed by atoms with Crippen LogP contribution in [0, 0.1) is 24.2 Å². The van der Waals surface area contributed by atoms with Crippen LogP contribution >= 0.6 is 22.9 Å². The van der Waals surface area contributed by atoms with Gasteiger partial charge in [-0.15, -0.1) is 11.3 Å². The summed E-state index contributed by atoms with van der Waals surface area (Å²) in [4.78, 5) is 29.0. The third-order valence-corrected chi connectivity index (χ3v) is 5.12. The fourth-order valence-corrected chi connectivity index (χ4v) is 3.54. The predicted molar refractivity (Wildman–Crippen MR) is 100 cm³/mol. The van der Waals surface area contributed by atoms with Gasteiger partial charge in [-0.1, -0.05) is 37.6 Å². The normalized spacial score (nSPS) is 13.1. The molecule has 0 aliphatic carbocycles. The van der Waals surface area contributed by atoms with Gasteiger partial charge in [0, 0.05) is 16.1 Å². The Hall–Kier alpha value is -2.23. The summed E-state index contributed by atoms with van der Waals surface area (Å²) in [7, 11) is 0. The molecule has 7 heteroatoms. The van der Waals surface area contributed by atoms with Crippen molar-refractivity contribution in [2.45, 2.75) is 32.6 Å². The van der Waals surface area contributed by atoms with Crippen LogP contribution in [0.4, 0.5) is 0 Å². The first-order valence-electron chi connectivity index (χ1n) is 8.10. The molecule has 0 aliphatic heterocycles. The monoisotopic (exact) mass is 390 g/mol. The van der Waals surface area contributed by atoms with Crippen LogP contribution in [0.15, 0.2) is 29.6 Å². The molecule has 0 aliphatic rings. The minimum absolute atomic E-state index is 0.0212. The molecule has 5 nitrogen and oxygen atoms in total. The van der Waals surface area contributed by atoms with Crippen LogP contribution in [-0.2, 0) is 14.3 Å². The van der Waals surface area contributed by atoms with Gasteiger partial charge in [-0.3, -0.25) is 9.59 Å². The van der Waals surface area contributed by atoms with Gasteiger partial charge in [0.1, 0.15) is 5.01 Å². The molecule has 1 heterocycles. The van der Waals surface area contributed by atoms with Crippen LogP contribution in [0.2, 0.25) is 5.02 Å². The Morgan fingerprint density at radius 1 is 1.31 bits per heavy atom. The number of hydrogen-bond donors (Lipinski definition) is 0. The number of Topliss-reactive ketones (excluding diaryl/α,β-unsaturated/α-hetero) is 1. The molecule has 0 radical (unpaired) electrons. The van der Waals surface area contributed by atoms with Crippen molar-refractivity contribution in [2.24, 2.45) is 5.92 Å². The van der Waals surface area contributed by atoms with E-state index in [0.29, 0.717) is 10.0 Å². The SMILES string of the molecule is Cc1csc([C@@H](C#N)C(=O)COC(=O)[C@H](c2ccc(Cl)cc2)C(C)C)n1. The molecule has 2 aromatic rings. The second-order valence-corrected chi connectivity index (χ2v) is 7.56. The van der Waals surface area contributed by atoms with Crippen LogP contribution in [0.1, 0.15) is 41.9 Å². The van der Waals surface area contributed by atoms with Gasteiger partial charge in [0.15, 0.2) is 18.3 Å². The zero-order valence-electron chi connectivity index (χ0n) is 14.7. The number of ketones is 1. The van der Waals surface area contributed by atoms with Gasteiger partial charge < -0.3 is 4.74 Å². The smallest absolute Gasteiger partial charge is 0.314 e. The molecule has 0 bridgehead atoms. The fraction of sp³-hybridized carbons (Fsp3) is 0.368. The summed E-state index contributed by atoms with van der Waals surface area (Å²) < 4.78 is 5.23. The molecule has 2 atom stereocenters. The molecule has 2 rings (SSSR count). The molecular weight excluding hydrogens is 372 g/mol. The standard InChI is InChI=1S/C19H19ClN2O3S/c1-11(2)17(13-4-6-14(20)7-5-13)19(24)25-9-16(23)15(8-21)18-22-12(3)10-26-18/h4-7,10-11,15,17H,9H2,1-3H3/t15-,17-/m0/s1. The molecule has 0 fully saturated rings. The number of thiazole rings is 1. The third kappa shape index (κ3) is 4.90. The topological polar surface area (TPSA) is 80.0 Å². The van der Waals surface area contributed by atoms with Crippen molar-refractivity contribution >= 4 is 34.7 Å². The molecule has 0 amide bonds. The summed E-state index contributed by atoms with van der Waals surface area (Å²) in [6, 6.07) is 8.90. The first kappa shape index (κ1) is 20.1. The molecule has 136 valence electrons. The Morgan fingerprint density at radius 3 is 2.46 bits per heavy atom. The predicted octanol–water partition coefficient (Wildman–Crippen LogP) is 4.26. The number of carbonyl (C=O) groups excluding carboxylic acids is 2. The fourth-order valence-electron chi connectivity index (χ4n) is 2.55. The Balaban J connectivity index is 2.06. The van der Waals surface area contributed by atoms with E-state index in [1.807, 2.05) is 19.9 Å². The highest BCUT2D eigenvalue weighted by Gasteiger charge is 2.29. The molecule has 1 aromatic heterocycles. The highest BCUT2D eigenvalue weighted by atomic mass is 35.5. The number of rotatable bonds is 7. The highest BCUT2D eigenvalue weighted by Crippen LogP contribution is 2.27. The summed E-state index contributed by atoms with van der Waals surface area (Å²) in [5.74, 6) is -2.53. The lowest BCUT2D eigenvalue weighted by atomic mass is 9.88. The van der Waals surface area contributed by atoms with Gasteiger partial charge in [0.2, 0.25) is 0 Å². The number of benzene rings is 1. The van der Waals surface area contributed by atoms with E-state index in [1.54, 1.807) is 36.6 Å². The maximum Gasteiger partial charge on any atom is 0.314 e. The Morgan fingerprint density at radius 2 is 1.96 bits per heavy atom. The molecule has 26 heavy (non-hydrogen) atoms. The molecule has 1 aromatic carbocycles. The Bertz CT molecular complexity index is 824. The number of carbonyl (C=O) groups is 2. The van der Waals surface area contributed by atoms with Gasteiger partial charge in [-0.05, 0) is 30.5 Å². The van der Waals surface area contributed by atoms with Crippen LogP contribution in [0.3, 0.4) is 0 Å². The number of nitriles is 1. The van der Waals surface area contributed by atoms with E-state index in [0.717, 1.165) is 11.3 Å². The number of hydrogen-bond acceptors (Lipinski definition) is 6. The number of halogens is 1. The van der Waals surface area contributed by atoms with Crippen molar-refractivity contribution in [1.29, 1.82) is 5.26 Å². The van der Waals surface area contributed by atoms with Crippen molar-refractivity contribution in [1.82, 2.24) is 4.98 Å². The number of aryl methyl sites for hydroxylation is 1. The summed E-state index contributed by atoms with van der Waals surface area (Å²) in [6.45, 7) is 5.14. The lowest BCUT2D eigenvalue weighted by molar-refractivity contribution is -0.150. The van der Waals surface area contributed by atoms with Gasteiger partial charge in [0.05, 0.1) is 12.0 Å². The summed E-state index contributed by atoms with van der Waals surface area (Å²) in [5.41, 5.74) is 1.52. The quantitative estimate of drug-likeness (QED) is 0.659. The van der Waals surface area contributed by atoms with Gasteiger partial charge in [-0.2, -0.15) is 5.26 Å². The first-order chi connectivity index (χ1) is 12.3. The zero-order valence-corrected chi connectivity index (χ0v) is 16.3. The maximum absolute atomic E-state index is 12.5. The molecule has 0 saturated carbocycles. The summed E-state index contributed by atoms with van der Waals surface area (Å²) in [5, 5.41) is 12.0. The second-order valence-electron chi connectivity index (χ2n) is 6.24. The molecule has 0 spiro atoms. The molecule has 0 saturated heterocycles. The van der Waals surface area contributed by atoms with E-state index in [2.05, 4.69) is 4.98 Å². The van der Waals surface area contributed by atoms with Crippen LogP contribution in [-0.4, -0.2) is 23.3 Å². The third-order valence-electron chi connectivity index (χ3n) is 3.84. The van der Waals surface area contributed by atoms with Gasteiger partial charge >= 0.3 is 5.97 Å². The Labute approximate surface area is 161 Å². The largest absolute Gasteiger partial charge is 0.457 e. The number of nitrogens with zero attached hydrogens (tertiary/aromatic N) is 2. The van der Waals surface area contributed by atoms with E-state index in [1.165, 1.54) is 11.3 Å². The van der Waals surface area contributed by atoms with E-state index >= 15 is 0 Å². The second kappa shape index (κ2) is 8.93.